The molecule has 0 aliphatic heterocycles. The van der Waals surface area contributed by atoms with E-state index in [1.807, 2.05) is 0 Å². The molecule has 2 rings (SSSR count). The number of nitrogens with two attached hydrogens (primary N) is 1. The molecule has 2 fully saturated rings. The molecule has 0 unspecified atom stereocenters. The molecule has 64 valence electrons. The van der Waals surface area contributed by atoms with Crippen molar-refractivity contribution in [2.45, 2.75) is 25.7 Å². The number of rotatable bonds is 5. The third-order valence-corrected chi connectivity index (χ3v) is 2.85. The summed E-state index contributed by atoms with van der Waals surface area (Å²) in [5, 5.41) is 0. The van der Waals surface area contributed by atoms with Crippen molar-refractivity contribution < 1.29 is 4.74 Å². The highest BCUT2D eigenvalue weighted by atomic mass is 16.5. The highest BCUT2D eigenvalue weighted by molar-refractivity contribution is 4.93. The lowest BCUT2D eigenvalue weighted by Gasteiger charge is -2.11. The normalized spacial score (nSPS) is 27.0. The first-order valence-electron chi connectivity index (χ1n) is 4.62. The van der Waals surface area contributed by atoms with Crippen molar-refractivity contribution in [1.29, 1.82) is 0 Å². The number of hydrogen-bond donors (Lipinski definition) is 1. The zero-order chi connectivity index (χ0) is 7.73. The molecule has 2 aliphatic rings. The summed E-state index contributed by atoms with van der Waals surface area (Å²) < 4.78 is 5.60. The largest absolute Gasteiger partial charge is 0.381 e. The van der Waals surface area contributed by atoms with E-state index in [1.165, 1.54) is 25.7 Å². The topological polar surface area (TPSA) is 35.2 Å². The fraction of sp³-hybridized carbons (Fsp3) is 1.00. The molecule has 0 atom stereocenters. The van der Waals surface area contributed by atoms with Crippen LogP contribution in [0.4, 0.5) is 0 Å². The van der Waals surface area contributed by atoms with E-state index in [9.17, 15) is 0 Å². The van der Waals surface area contributed by atoms with E-state index in [0.29, 0.717) is 5.41 Å². The summed E-state index contributed by atoms with van der Waals surface area (Å²) in [6, 6.07) is 0. The first-order valence-corrected chi connectivity index (χ1v) is 4.62. The quantitative estimate of drug-likeness (QED) is 0.646. The van der Waals surface area contributed by atoms with Crippen molar-refractivity contribution >= 4 is 0 Å². The Balaban J connectivity index is 1.58. The van der Waals surface area contributed by atoms with Crippen LogP contribution in [0.25, 0.3) is 0 Å². The van der Waals surface area contributed by atoms with Gasteiger partial charge >= 0.3 is 0 Å². The molecule has 2 aliphatic carbocycles. The maximum Gasteiger partial charge on any atom is 0.0534 e. The van der Waals surface area contributed by atoms with Crippen LogP contribution in [0.1, 0.15) is 25.7 Å². The van der Waals surface area contributed by atoms with Crippen LogP contribution in [0.2, 0.25) is 0 Å². The Labute approximate surface area is 68.1 Å². The second-order valence-corrected chi connectivity index (χ2v) is 4.16. The van der Waals surface area contributed by atoms with Gasteiger partial charge in [0.25, 0.3) is 0 Å². The van der Waals surface area contributed by atoms with Crippen molar-refractivity contribution in [1.82, 2.24) is 0 Å². The molecular formula is C9H17NO. The lowest BCUT2D eigenvalue weighted by Crippen LogP contribution is -2.21. The minimum Gasteiger partial charge on any atom is -0.381 e. The lowest BCUT2D eigenvalue weighted by molar-refractivity contribution is 0.0851. The summed E-state index contributed by atoms with van der Waals surface area (Å²) in [6.45, 7) is 2.72. The van der Waals surface area contributed by atoms with E-state index >= 15 is 0 Å². The third-order valence-electron chi connectivity index (χ3n) is 2.85. The Kier molecular flexibility index (Phi) is 1.90. The SMILES string of the molecule is NCC1(COCC2CC2)CC1. The van der Waals surface area contributed by atoms with Gasteiger partial charge in [-0.05, 0) is 31.6 Å². The van der Waals surface area contributed by atoms with Crippen LogP contribution in [-0.4, -0.2) is 19.8 Å². The van der Waals surface area contributed by atoms with Crippen LogP contribution < -0.4 is 5.73 Å². The monoisotopic (exact) mass is 155 g/mol. The van der Waals surface area contributed by atoms with Gasteiger partial charge in [0.2, 0.25) is 0 Å². The molecule has 0 aromatic rings. The predicted molar refractivity (Wildman–Crippen MR) is 44.3 cm³/mol. The molecule has 0 spiro atoms. The van der Waals surface area contributed by atoms with Crippen molar-refractivity contribution in [3.63, 3.8) is 0 Å². The van der Waals surface area contributed by atoms with E-state index in [4.69, 9.17) is 10.5 Å². The molecule has 2 nitrogen and oxygen atoms in total. The van der Waals surface area contributed by atoms with Gasteiger partial charge in [0.1, 0.15) is 0 Å². The van der Waals surface area contributed by atoms with E-state index in [0.717, 1.165) is 25.7 Å². The fourth-order valence-corrected chi connectivity index (χ4v) is 1.31. The molecule has 0 aromatic carbocycles. The smallest absolute Gasteiger partial charge is 0.0534 e. The summed E-state index contributed by atoms with van der Waals surface area (Å²) in [6.07, 6.45) is 5.34. The van der Waals surface area contributed by atoms with Crippen LogP contribution in [0.3, 0.4) is 0 Å². The molecule has 0 saturated heterocycles. The fourth-order valence-electron chi connectivity index (χ4n) is 1.31. The molecule has 0 bridgehead atoms. The lowest BCUT2D eigenvalue weighted by atomic mass is 10.1. The average molecular weight is 155 g/mol. The molecule has 0 amide bonds. The second kappa shape index (κ2) is 2.76. The summed E-state index contributed by atoms with van der Waals surface area (Å²) in [4.78, 5) is 0. The maximum atomic E-state index is 5.62. The minimum atomic E-state index is 0.412. The Morgan fingerprint density at radius 1 is 1.36 bits per heavy atom. The maximum absolute atomic E-state index is 5.62. The van der Waals surface area contributed by atoms with Gasteiger partial charge in [0.05, 0.1) is 6.61 Å². The van der Waals surface area contributed by atoms with Crippen molar-refractivity contribution in [3.05, 3.63) is 0 Å². The van der Waals surface area contributed by atoms with Gasteiger partial charge in [-0.3, -0.25) is 0 Å². The summed E-state index contributed by atoms with van der Waals surface area (Å²) in [5.41, 5.74) is 6.03. The number of ether oxygens (including phenoxy) is 1. The second-order valence-electron chi connectivity index (χ2n) is 4.16. The molecule has 11 heavy (non-hydrogen) atoms. The average Bonchev–Trinajstić information content (AvgIpc) is 2.80. The first kappa shape index (κ1) is 7.56. The van der Waals surface area contributed by atoms with Gasteiger partial charge in [0.15, 0.2) is 0 Å². The summed E-state index contributed by atoms with van der Waals surface area (Å²) >= 11 is 0. The Morgan fingerprint density at radius 3 is 2.55 bits per heavy atom. The minimum absolute atomic E-state index is 0.412. The first-order chi connectivity index (χ1) is 5.35. The zero-order valence-corrected chi connectivity index (χ0v) is 7.01. The third kappa shape index (κ3) is 1.94. The summed E-state index contributed by atoms with van der Waals surface area (Å²) in [5.74, 6) is 0.892. The van der Waals surface area contributed by atoms with Crippen LogP contribution in [0.5, 0.6) is 0 Å². The van der Waals surface area contributed by atoms with Crippen LogP contribution in [0, 0.1) is 11.3 Å². The van der Waals surface area contributed by atoms with Gasteiger partial charge in [-0.25, -0.2) is 0 Å². The Hall–Kier alpha value is -0.0800. The predicted octanol–water partition coefficient (Wildman–Crippen LogP) is 1.15. The molecule has 2 saturated carbocycles. The van der Waals surface area contributed by atoms with E-state index < -0.39 is 0 Å². The van der Waals surface area contributed by atoms with Gasteiger partial charge in [-0.1, -0.05) is 0 Å². The van der Waals surface area contributed by atoms with Gasteiger partial charge in [-0.15, -0.1) is 0 Å². The highest BCUT2D eigenvalue weighted by Gasteiger charge is 2.41. The molecular weight excluding hydrogens is 138 g/mol. The Morgan fingerprint density at radius 2 is 2.09 bits per heavy atom. The van der Waals surface area contributed by atoms with Crippen molar-refractivity contribution in [2.75, 3.05) is 19.8 Å². The molecule has 0 aromatic heterocycles. The van der Waals surface area contributed by atoms with Gasteiger partial charge in [0, 0.05) is 18.6 Å². The van der Waals surface area contributed by atoms with Crippen LogP contribution in [-0.2, 0) is 4.74 Å². The summed E-state index contributed by atoms with van der Waals surface area (Å²) in [7, 11) is 0. The van der Waals surface area contributed by atoms with Crippen LogP contribution in [0.15, 0.2) is 0 Å². The van der Waals surface area contributed by atoms with Crippen LogP contribution >= 0.6 is 0 Å². The molecule has 0 heterocycles. The standard InChI is InChI=1S/C9H17NO/c10-6-9(3-4-9)7-11-5-8-1-2-8/h8H,1-7,10H2. The number of hydrogen-bond acceptors (Lipinski definition) is 2. The van der Waals surface area contributed by atoms with Crippen molar-refractivity contribution in [3.8, 4) is 0 Å². The molecule has 2 heteroatoms. The van der Waals surface area contributed by atoms with E-state index in [-0.39, 0.29) is 0 Å². The van der Waals surface area contributed by atoms with Gasteiger partial charge < -0.3 is 10.5 Å². The van der Waals surface area contributed by atoms with E-state index in [1.54, 1.807) is 0 Å². The van der Waals surface area contributed by atoms with Crippen molar-refractivity contribution in [2.24, 2.45) is 17.1 Å². The zero-order valence-electron chi connectivity index (χ0n) is 7.01. The van der Waals surface area contributed by atoms with Gasteiger partial charge in [-0.2, -0.15) is 0 Å². The Bertz CT molecular complexity index is 138. The molecule has 2 N–H and O–H groups in total. The van der Waals surface area contributed by atoms with E-state index in [2.05, 4.69) is 0 Å². The highest BCUT2D eigenvalue weighted by Crippen LogP contribution is 2.45. The molecule has 0 radical (unpaired) electrons.